The summed E-state index contributed by atoms with van der Waals surface area (Å²) in [6.07, 6.45) is 86.8. The molecule has 0 saturated carbocycles. The minimum absolute atomic E-state index is 0.0791. The predicted octanol–water partition coefficient (Wildman–Crippen LogP) is 21.8. The molecule has 0 aromatic heterocycles. The number of carbonyl (C=O) groups excluding carboxylic acids is 3. The number of rotatable bonds is 57. The summed E-state index contributed by atoms with van der Waals surface area (Å²) in [5.41, 5.74) is 0. The molecule has 0 saturated heterocycles. The lowest BCUT2D eigenvalue weighted by molar-refractivity contribution is -0.167. The molecule has 0 amide bonds. The predicted molar refractivity (Wildman–Crippen MR) is 330 cm³/mol. The summed E-state index contributed by atoms with van der Waals surface area (Å²) in [5, 5.41) is 0. The molecule has 0 rings (SSSR count). The number of carbonyl (C=O) groups is 3. The third-order valence-electron chi connectivity index (χ3n) is 13.5. The van der Waals surface area contributed by atoms with Gasteiger partial charge in [-0.25, -0.2) is 0 Å². The molecular formula is C70H118O6. The van der Waals surface area contributed by atoms with Crippen molar-refractivity contribution in [2.75, 3.05) is 13.2 Å². The van der Waals surface area contributed by atoms with Gasteiger partial charge in [-0.05, 0) is 103 Å². The number of unbranched alkanes of at least 4 members (excludes halogenated alkanes) is 28. The minimum atomic E-state index is -0.781. The number of hydrogen-bond acceptors (Lipinski definition) is 6. The molecule has 0 aliphatic carbocycles. The largest absolute Gasteiger partial charge is 0.462 e. The van der Waals surface area contributed by atoms with Crippen molar-refractivity contribution in [1.82, 2.24) is 0 Å². The molecule has 0 bridgehead atoms. The first-order valence-corrected chi connectivity index (χ1v) is 31.9. The van der Waals surface area contributed by atoms with Gasteiger partial charge in [0.2, 0.25) is 0 Å². The van der Waals surface area contributed by atoms with Crippen LogP contribution < -0.4 is 0 Å². The van der Waals surface area contributed by atoms with Gasteiger partial charge in [0.15, 0.2) is 6.10 Å². The summed E-state index contributed by atoms with van der Waals surface area (Å²) in [7, 11) is 0. The third-order valence-corrected chi connectivity index (χ3v) is 13.5. The van der Waals surface area contributed by atoms with Crippen LogP contribution in [0.1, 0.15) is 297 Å². The molecule has 0 aliphatic rings. The topological polar surface area (TPSA) is 78.9 Å². The first-order chi connectivity index (χ1) is 37.5. The molecule has 0 aromatic rings. The summed E-state index contributed by atoms with van der Waals surface area (Å²) in [6.45, 7) is 6.40. The third kappa shape index (κ3) is 60.9. The Bertz CT molecular complexity index is 1540. The second kappa shape index (κ2) is 63.6. The SMILES string of the molecule is CC/C=C\C/C=C\C/C=C\C/C=C\C/C=C\CCCCCCCCCCCC(=O)OCC(COC(=O)CCCCCCCCCC)OC(=O)CCCCCCCCCCCCCC/C=C\C/C=C\C/C=C\C/C=C\CC. The van der Waals surface area contributed by atoms with Crippen LogP contribution in [0.15, 0.2) is 109 Å². The first-order valence-electron chi connectivity index (χ1n) is 31.9. The van der Waals surface area contributed by atoms with Crippen LogP contribution in [-0.2, 0) is 28.6 Å². The van der Waals surface area contributed by atoms with Crippen LogP contribution in [-0.4, -0.2) is 37.2 Å². The number of ether oxygens (including phenoxy) is 3. The van der Waals surface area contributed by atoms with Crippen molar-refractivity contribution in [3.63, 3.8) is 0 Å². The van der Waals surface area contributed by atoms with Gasteiger partial charge in [0.1, 0.15) is 13.2 Å². The maximum absolute atomic E-state index is 12.9. The van der Waals surface area contributed by atoms with Crippen LogP contribution in [0.4, 0.5) is 0 Å². The molecule has 0 fully saturated rings. The van der Waals surface area contributed by atoms with Crippen molar-refractivity contribution >= 4 is 17.9 Å². The fourth-order valence-corrected chi connectivity index (χ4v) is 8.81. The van der Waals surface area contributed by atoms with E-state index in [0.717, 1.165) is 122 Å². The number of esters is 3. The number of hydrogen-bond donors (Lipinski definition) is 0. The Hall–Kier alpha value is -3.93. The molecule has 6 nitrogen and oxygen atoms in total. The maximum atomic E-state index is 12.9. The summed E-state index contributed by atoms with van der Waals surface area (Å²) < 4.78 is 16.9. The van der Waals surface area contributed by atoms with Crippen molar-refractivity contribution in [1.29, 1.82) is 0 Å². The molecule has 1 unspecified atom stereocenters. The van der Waals surface area contributed by atoms with E-state index < -0.39 is 6.10 Å². The van der Waals surface area contributed by atoms with Gasteiger partial charge >= 0.3 is 17.9 Å². The van der Waals surface area contributed by atoms with Crippen LogP contribution in [0, 0.1) is 0 Å². The highest BCUT2D eigenvalue weighted by Crippen LogP contribution is 2.16. The summed E-state index contributed by atoms with van der Waals surface area (Å²) in [4.78, 5) is 38.2. The maximum Gasteiger partial charge on any atom is 0.306 e. The van der Waals surface area contributed by atoms with Gasteiger partial charge < -0.3 is 14.2 Å². The van der Waals surface area contributed by atoms with Crippen molar-refractivity contribution in [3.05, 3.63) is 109 Å². The summed E-state index contributed by atoms with van der Waals surface area (Å²) in [5.74, 6) is -0.885. The highest BCUT2D eigenvalue weighted by atomic mass is 16.6. The average molecular weight is 1060 g/mol. The Morgan fingerprint density at radius 3 is 0.803 bits per heavy atom. The van der Waals surface area contributed by atoms with E-state index in [-0.39, 0.29) is 31.1 Å². The Balaban J connectivity index is 4.20. The highest BCUT2D eigenvalue weighted by Gasteiger charge is 2.19. The quantitative estimate of drug-likeness (QED) is 0.0261. The fourth-order valence-electron chi connectivity index (χ4n) is 8.81. The van der Waals surface area contributed by atoms with E-state index in [1.807, 2.05) is 0 Å². The summed E-state index contributed by atoms with van der Waals surface area (Å²) in [6, 6.07) is 0. The lowest BCUT2D eigenvalue weighted by Gasteiger charge is -2.18. The van der Waals surface area contributed by atoms with Crippen LogP contribution >= 0.6 is 0 Å². The minimum Gasteiger partial charge on any atom is -0.462 e. The fraction of sp³-hybridized carbons (Fsp3) is 0.700. The van der Waals surface area contributed by atoms with Gasteiger partial charge in [0, 0.05) is 19.3 Å². The second-order valence-corrected chi connectivity index (χ2v) is 20.9. The zero-order valence-corrected chi connectivity index (χ0v) is 49.7. The molecule has 434 valence electrons. The number of allylic oxidation sites excluding steroid dienone is 18. The van der Waals surface area contributed by atoms with E-state index in [0.29, 0.717) is 19.3 Å². The van der Waals surface area contributed by atoms with Crippen LogP contribution in [0.5, 0.6) is 0 Å². The van der Waals surface area contributed by atoms with Gasteiger partial charge in [0.05, 0.1) is 0 Å². The van der Waals surface area contributed by atoms with Gasteiger partial charge in [0.25, 0.3) is 0 Å². The van der Waals surface area contributed by atoms with E-state index in [1.165, 1.54) is 135 Å². The highest BCUT2D eigenvalue weighted by molar-refractivity contribution is 5.71. The van der Waals surface area contributed by atoms with Crippen LogP contribution in [0.25, 0.3) is 0 Å². The molecule has 0 spiro atoms. The van der Waals surface area contributed by atoms with E-state index in [1.54, 1.807) is 0 Å². The second-order valence-electron chi connectivity index (χ2n) is 20.9. The van der Waals surface area contributed by atoms with Gasteiger partial charge in [-0.2, -0.15) is 0 Å². The molecule has 0 heterocycles. The molecular weight excluding hydrogens is 937 g/mol. The molecule has 0 aromatic carbocycles. The molecule has 1 atom stereocenters. The van der Waals surface area contributed by atoms with Crippen LogP contribution in [0.2, 0.25) is 0 Å². The lowest BCUT2D eigenvalue weighted by Crippen LogP contribution is -2.30. The van der Waals surface area contributed by atoms with Gasteiger partial charge in [-0.1, -0.05) is 284 Å². The smallest absolute Gasteiger partial charge is 0.306 e. The lowest BCUT2D eigenvalue weighted by atomic mass is 10.0. The Labute approximate surface area is 470 Å². The standard InChI is InChI=1S/C70H118O6/c1-4-7-10-13-16-19-21-23-25-27-29-31-33-35-37-39-41-43-45-47-49-51-54-57-60-63-69(72)75-66-67(65-74-68(71)62-59-56-53-18-15-12-9-6-3)76-70(73)64-61-58-55-52-50-48-46-44-42-40-38-36-34-32-30-28-26-24-22-20-17-14-11-8-5-2/h7-8,10-11,16-17,19-20,23-26,29-32,35,37,67H,4-6,9,12-15,18,21-22,27-28,33-34,36,38-66H2,1-3H3/b10-7-,11-8-,19-16-,20-17-,25-23-,26-24-,31-29-,32-30-,37-35-. The van der Waals surface area contributed by atoms with Crippen molar-refractivity contribution in [3.8, 4) is 0 Å². The van der Waals surface area contributed by atoms with Crippen molar-refractivity contribution in [2.45, 2.75) is 303 Å². The van der Waals surface area contributed by atoms with E-state index in [2.05, 4.69) is 130 Å². The average Bonchev–Trinajstić information content (AvgIpc) is 3.42. The Kier molecular flexibility index (Phi) is 60.3. The monoisotopic (exact) mass is 1050 g/mol. The molecule has 0 radical (unpaired) electrons. The summed E-state index contributed by atoms with van der Waals surface area (Å²) >= 11 is 0. The zero-order valence-electron chi connectivity index (χ0n) is 49.7. The normalized spacial score (nSPS) is 12.8. The van der Waals surface area contributed by atoms with E-state index in [9.17, 15) is 14.4 Å². The Morgan fingerprint density at radius 1 is 0.276 bits per heavy atom. The van der Waals surface area contributed by atoms with Crippen molar-refractivity contribution < 1.29 is 28.6 Å². The zero-order chi connectivity index (χ0) is 55.0. The van der Waals surface area contributed by atoms with E-state index in [4.69, 9.17) is 14.2 Å². The van der Waals surface area contributed by atoms with Crippen LogP contribution in [0.3, 0.4) is 0 Å². The van der Waals surface area contributed by atoms with Crippen molar-refractivity contribution in [2.24, 2.45) is 0 Å². The van der Waals surface area contributed by atoms with E-state index >= 15 is 0 Å². The van der Waals surface area contributed by atoms with Gasteiger partial charge in [-0.15, -0.1) is 0 Å². The van der Waals surface area contributed by atoms with Gasteiger partial charge in [-0.3, -0.25) is 14.4 Å². The molecule has 76 heavy (non-hydrogen) atoms. The molecule has 6 heteroatoms. The first kappa shape index (κ1) is 72.1. The Morgan fingerprint density at radius 2 is 0.513 bits per heavy atom. The molecule has 0 N–H and O–H groups in total. The molecule has 0 aliphatic heterocycles.